The van der Waals surface area contributed by atoms with E-state index in [2.05, 4.69) is 15.5 Å². The third kappa shape index (κ3) is 5.14. The van der Waals surface area contributed by atoms with E-state index in [-0.39, 0.29) is 10.8 Å². The summed E-state index contributed by atoms with van der Waals surface area (Å²) >= 11 is 5.25. The standard InChI is InChI=1S/C20H20N4O3S/c25-19(11-10-15-6-5-7-16(14-15)24(26)27)22-20(28)21-17-8-1-2-9-18(17)23-12-3-4-13-23/h1-2,5-11,14H,3-4,12-13H2,(H2,21,22,25,28). The SMILES string of the molecule is O=C(C=Cc1cccc([N+](=O)[O-])c1)NC(=S)Nc1ccccc1N1CCCC1. The molecule has 2 aromatic carbocycles. The zero-order valence-corrected chi connectivity index (χ0v) is 15.9. The van der Waals surface area contributed by atoms with Crippen molar-refractivity contribution in [1.29, 1.82) is 0 Å². The average molecular weight is 396 g/mol. The Hall–Kier alpha value is -3.26. The Morgan fingerprint density at radius 3 is 2.64 bits per heavy atom. The molecule has 1 aliphatic rings. The molecule has 0 radical (unpaired) electrons. The predicted molar refractivity (Wildman–Crippen MR) is 114 cm³/mol. The first-order valence-electron chi connectivity index (χ1n) is 8.91. The van der Waals surface area contributed by atoms with Crippen LogP contribution in [0.2, 0.25) is 0 Å². The number of anilines is 2. The number of benzene rings is 2. The van der Waals surface area contributed by atoms with Gasteiger partial charge in [-0.2, -0.15) is 0 Å². The molecule has 0 aromatic heterocycles. The summed E-state index contributed by atoms with van der Waals surface area (Å²) in [5.41, 5.74) is 2.43. The molecular weight excluding hydrogens is 376 g/mol. The molecule has 144 valence electrons. The highest BCUT2D eigenvalue weighted by Gasteiger charge is 2.16. The van der Waals surface area contributed by atoms with E-state index in [9.17, 15) is 14.9 Å². The fourth-order valence-corrected chi connectivity index (χ4v) is 3.24. The van der Waals surface area contributed by atoms with Crippen LogP contribution in [0.3, 0.4) is 0 Å². The van der Waals surface area contributed by atoms with E-state index in [1.54, 1.807) is 12.1 Å². The molecule has 2 N–H and O–H groups in total. The molecule has 1 saturated heterocycles. The maximum Gasteiger partial charge on any atom is 0.270 e. The van der Waals surface area contributed by atoms with Crippen LogP contribution in [0.25, 0.3) is 6.08 Å². The summed E-state index contributed by atoms with van der Waals surface area (Å²) in [6, 6.07) is 13.9. The molecule has 7 nitrogen and oxygen atoms in total. The van der Waals surface area contributed by atoms with Crippen LogP contribution in [0.5, 0.6) is 0 Å². The first-order valence-corrected chi connectivity index (χ1v) is 9.32. The van der Waals surface area contributed by atoms with E-state index < -0.39 is 10.8 Å². The van der Waals surface area contributed by atoms with Crippen LogP contribution in [-0.2, 0) is 4.79 Å². The van der Waals surface area contributed by atoms with Crippen LogP contribution in [0.4, 0.5) is 17.1 Å². The number of hydrogen-bond acceptors (Lipinski definition) is 5. The van der Waals surface area contributed by atoms with Crippen LogP contribution in [0.15, 0.2) is 54.6 Å². The van der Waals surface area contributed by atoms with Gasteiger partial charge >= 0.3 is 0 Å². The summed E-state index contributed by atoms with van der Waals surface area (Å²) in [6.45, 7) is 2.01. The van der Waals surface area contributed by atoms with Gasteiger partial charge in [-0.05, 0) is 48.8 Å². The summed E-state index contributed by atoms with van der Waals surface area (Å²) < 4.78 is 0. The highest BCUT2D eigenvalue weighted by atomic mass is 32.1. The van der Waals surface area contributed by atoms with Gasteiger partial charge in [-0.25, -0.2) is 0 Å². The monoisotopic (exact) mass is 396 g/mol. The number of para-hydroxylation sites is 2. The topological polar surface area (TPSA) is 87.5 Å². The number of carbonyl (C=O) groups is 1. The van der Waals surface area contributed by atoms with Crippen molar-refractivity contribution < 1.29 is 9.72 Å². The van der Waals surface area contributed by atoms with E-state index in [1.165, 1.54) is 24.3 Å². The summed E-state index contributed by atoms with van der Waals surface area (Å²) in [4.78, 5) is 24.7. The number of rotatable bonds is 5. The predicted octanol–water partition coefficient (Wildman–Crippen LogP) is 3.72. The average Bonchev–Trinajstić information content (AvgIpc) is 3.21. The lowest BCUT2D eigenvalue weighted by Gasteiger charge is -2.22. The molecule has 0 atom stereocenters. The third-order valence-corrected chi connectivity index (χ3v) is 4.55. The maximum absolute atomic E-state index is 12.1. The zero-order valence-electron chi connectivity index (χ0n) is 15.1. The van der Waals surface area contributed by atoms with Gasteiger partial charge in [0.05, 0.1) is 16.3 Å². The Balaban J connectivity index is 1.60. The number of nitro groups is 1. The van der Waals surface area contributed by atoms with Crippen molar-refractivity contribution >= 4 is 46.4 Å². The highest BCUT2D eigenvalue weighted by Crippen LogP contribution is 2.28. The zero-order chi connectivity index (χ0) is 19.9. The molecular formula is C20H20N4O3S. The van der Waals surface area contributed by atoms with Crippen molar-refractivity contribution in [2.75, 3.05) is 23.3 Å². The van der Waals surface area contributed by atoms with E-state index >= 15 is 0 Å². The molecule has 0 unspecified atom stereocenters. The Morgan fingerprint density at radius 1 is 1.14 bits per heavy atom. The van der Waals surface area contributed by atoms with Crippen LogP contribution < -0.4 is 15.5 Å². The third-order valence-electron chi connectivity index (χ3n) is 4.34. The lowest BCUT2D eigenvalue weighted by Crippen LogP contribution is -2.33. The molecule has 3 rings (SSSR count). The number of non-ortho nitro benzene ring substituents is 1. The molecule has 1 aliphatic heterocycles. The normalized spacial score (nSPS) is 13.5. The first kappa shape index (κ1) is 19.5. The number of nitrogens with zero attached hydrogens (tertiary/aromatic N) is 2. The smallest absolute Gasteiger partial charge is 0.270 e. The molecule has 1 heterocycles. The lowest BCUT2D eigenvalue weighted by atomic mass is 10.2. The number of thiocarbonyl (C=S) groups is 1. The largest absolute Gasteiger partial charge is 0.370 e. The highest BCUT2D eigenvalue weighted by molar-refractivity contribution is 7.80. The molecule has 0 spiro atoms. The number of amides is 1. The Morgan fingerprint density at radius 2 is 1.89 bits per heavy atom. The number of nitro benzene ring substituents is 1. The molecule has 1 amide bonds. The molecule has 28 heavy (non-hydrogen) atoms. The fraction of sp³-hybridized carbons (Fsp3) is 0.200. The van der Waals surface area contributed by atoms with Gasteiger partial charge in [-0.3, -0.25) is 20.2 Å². The van der Waals surface area contributed by atoms with Crippen LogP contribution in [0.1, 0.15) is 18.4 Å². The Kier molecular flexibility index (Phi) is 6.33. The van der Waals surface area contributed by atoms with E-state index in [4.69, 9.17) is 12.2 Å². The second-order valence-electron chi connectivity index (χ2n) is 6.34. The van der Waals surface area contributed by atoms with Crippen LogP contribution in [-0.4, -0.2) is 29.0 Å². The van der Waals surface area contributed by atoms with Crippen molar-refractivity contribution in [1.82, 2.24) is 5.32 Å². The second kappa shape index (κ2) is 9.09. The summed E-state index contributed by atoms with van der Waals surface area (Å²) in [5.74, 6) is -0.414. The Labute approximate surface area is 168 Å². The van der Waals surface area contributed by atoms with Crippen molar-refractivity contribution in [2.45, 2.75) is 12.8 Å². The number of hydrogen-bond donors (Lipinski definition) is 2. The quantitative estimate of drug-likeness (QED) is 0.347. The molecule has 0 aliphatic carbocycles. The fourth-order valence-electron chi connectivity index (χ4n) is 3.03. The molecule has 1 fully saturated rings. The van der Waals surface area contributed by atoms with Crippen molar-refractivity contribution in [3.63, 3.8) is 0 Å². The first-order chi connectivity index (χ1) is 13.5. The van der Waals surface area contributed by atoms with Gasteiger partial charge in [0.25, 0.3) is 5.69 Å². The molecule has 0 saturated carbocycles. The molecule has 2 aromatic rings. The van der Waals surface area contributed by atoms with Crippen molar-refractivity contribution in [3.8, 4) is 0 Å². The molecule has 8 heteroatoms. The minimum absolute atomic E-state index is 0.0294. The van der Waals surface area contributed by atoms with E-state index in [1.807, 2.05) is 24.3 Å². The minimum atomic E-state index is -0.478. The van der Waals surface area contributed by atoms with Crippen LogP contribution >= 0.6 is 12.2 Å². The van der Waals surface area contributed by atoms with Gasteiger partial charge in [0.15, 0.2) is 5.11 Å². The van der Waals surface area contributed by atoms with E-state index in [0.29, 0.717) is 5.56 Å². The maximum atomic E-state index is 12.1. The number of nitrogens with one attached hydrogen (secondary N) is 2. The van der Waals surface area contributed by atoms with Gasteiger partial charge < -0.3 is 10.2 Å². The van der Waals surface area contributed by atoms with Gasteiger partial charge in [0.1, 0.15) is 0 Å². The second-order valence-corrected chi connectivity index (χ2v) is 6.75. The van der Waals surface area contributed by atoms with Crippen molar-refractivity contribution in [2.24, 2.45) is 0 Å². The Bertz CT molecular complexity index is 923. The molecule has 0 bridgehead atoms. The van der Waals surface area contributed by atoms with Gasteiger partial charge in [0.2, 0.25) is 5.91 Å². The number of carbonyl (C=O) groups excluding carboxylic acids is 1. The lowest BCUT2D eigenvalue weighted by molar-refractivity contribution is -0.384. The summed E-state index contributed by atoms with van der Waals surface area (Å²) in [7, 11) is 0. The van der Waals surface area contributed by atoms with Crippen molar-refractivity contribution in [3.05, 3.63) is 70.3 Å². The van der Waals surface area contributed by atoms with Gasteiger partial charge in [-0.15, -0.1) is 0 Å². The van der Waals surface area contributed by atoms with Gasteiger partial charge in [-0.1, -0.05) is 24.3 Å². The summed E-state index contributed by atoms with van der Waals surface area (Å²) in [5, 5.41) is 16.7. The van der Waals surface area contributed by atoms with E-state index in [0.717, 1.165) is 37.3 Å². The van der Waals surface area contributed by atoms with Crippen LogP contribution in [0, 0.1) is 10.1 Å². The minimum Gasteiger partial charge on any atom is -0.370 e. The van der Waals surface area contributed by atoms with Gasteiger partial charge in [0, 0.05) is 31.3 Å². The summed E-state index contributed by atoms with van der Waals surface area (Å²) in [6.07, 6.45) is 5.12.